The molecule has 320 valence electrons. The molecule has 1 heterocycles. The zero-order valence-electron chi connectivity index (χ0n) is 35.0. The second-order valence-electron chi connectivity index (χ2n) is 16.2. The van der Waals surface area contributed by atoms with E-state index in [1.165, 1.54) is 154 Å². The first kappa shape index (κ1) is 50.9. The van der Waals surface area contributed by atoms with Gasteiger partial charge in [-0.2, -0.15) is 0 Å². The third-order valence-electron chi connectivity index (χ3n) is 11.1. The Bertz CT molecular complexity index is 858. The first-order valence-corrected chi connectivity index (χ1v) is 22.9. The van der Waals surface area contributed by atoms with E-state index in [-0.39, 0.29) is 12.5 Å². The Morgan fingerprint density at radius 3 is 1.44 bits per heavy atom. The highest BCUT2D eigenvalue weighted by Crippen LogP contribution is 2.23. The van der Waals surface area contributed by atoms with Gasteiger partial charge in [0.15, 0.2) is 6.29 Å². The molecule has 1 aliphatic heterocycles. The molecule has 1 fully saturated rings. The molecule has 9 nitrogen and oxygen atoms in total. The highest BCUT2D eigenvalue weighted by Gasteiger charge is 2.44. The summed E-state index contributed by atoms with van der Waals surface area (Å²) >= 11 is 0. The quantitative estimate of drug-likeness (QED) is 0.0269. The third kappa shape index (κ3) is 26.7. The molecule has 0 radical (unpaired) electrons. The average molecular weight is 770 g/mol. The van der Waals surface area contributed by atoms with Crippen molar-refractivity contribution in [2.45, 2.75) is 256 Å². The van der Waals surface area contributed by atoms with Crippen LogP contribution in [0, 0.1) is 0 Å². The zero-order chi connectivity index (χ0) is 39.5. The normalized spacial score (nSPS) is 21.5. The summed E-state index contributed by atoms with van der Waals surface area (Å²) in [6, 6.07) is -0.796. The number of nitrogens with one attached hydrogen (secondary N) is 1. The number of carbonyl (C=O) groups is 1. The number of aliphatic hydroxyl groups is 5. The lowest BCUT2D eigenvalue weighted by Crippen LogP contribution is -2.60. The highest BCUT2D eigenvalue weighted by atomic mass is 16.7. The number of unbranched alkanes of at least 4 members (excludes halogenated alkanes) is 28. The van der Waals surface area contributed by atoms with E-state index in [2.05, 4.69) is 19.2 Å². The topological polar surface area (TPSA) is 149 Å². The van der Waals surface area contributed by atoms with E-state index in [1.54, 1.807) is 6.08 Å². The maximum absolute atomic E-state index is 12.9. The van der Waals surface area contributed by atoms with Crippen LogP contribution >= 0.6 is 0 Å². The lowest BCUT2D eigenvalue weighted by Gasteiger charge is -2.40. The van der Waals surface area contributed by atoms with Crippen LogP contribution in [0.4, 0.5) is 0 Å². The van der Waals surface area contributed by atoms with E-state index in [9.17, 15) is 30.3 Å². The SMILES string of the molecule is CCCCCCCC/C=C/C(O)C(COC1OC(CO)C(O)C(O)C1O)NC(=O)CCCCCCCCCCCCCCCCCCCCCCCCC. The van der Waals surface area contributed by atoms with Crippen LogP contribution < -0.4 is 5.32 Å². The standard InChI is InChI=1S/C45H87NO8/c1-3-5-7-9-11-13-14-15-16-17-18-19-20-21-22-23-24-25-26-27-29-31-33-35-41(49)46-38(39(48)34-32-30-28-12-10-8-6-4-2)37-53-45-44(52)43(51)42(50)40(36-47)54-45/h32,34,38-40,42-45,47-48,50-52H,3-31,33,35-37H2,1-2H3,(H,46,49)/b34-32+. The monoisotopic (exact) mass is 770 g/mol. The van der Waals surface area contributed by atoms with Gasteiger partial charge in [0.25, 0.3) is 0 Å². The summed E-state index contributed by atoms with van der Waals surface area (Å²) in [5.74, 6) is -0.177. The van der Waals surface area contributed by atoms with Gasteiger partial charge in [-0.25, -0.2) is 0 Å². The summed E-state index contributed by atoms with van der Waals surface area (Å²) < 4.78 is 11.2. The van der Waals surface area contributed by atoms with E-state index >= 15 is 0 Å². The molecule has 9 heteroatoms. The minimum Gasteiger partial charge on any atom is -0.394 e. The van der Waals surface area contributed by atoms with Crippen molar-refractivity contribution >= 4 is 5.91 Å². The summed E-state index contributed by atoms with van der Waals surface area (Å²) in [6.45, 7) is 3.74. The van der Waals surface area contributed by atoms with Crippen LogP contribution in [0.3, 0.4) is 0 Å². The zero-order valence-corrected chi connectivity index (χ0v) is 35.0. The number of carbonyl (C=O) groups excluding carboxylic acids is 1. The average Bonchev–Trinajstić information content (AvgIpc) is 3.17. The Hall–Kier alpha value is -1.07. The van der Waals surface area contributed by atoms with Crippen LogP contribution in [0.25, 0.3) is 0 Å². The fraction of sp³-hybridized carbons (Fsp3) is 0.933. The minimum absolute atomic E-state index is 0.177. The highest BCUT2D eigenvalue weighted by molar-refractivity contribution is 5.76. The van der Waals surface area contributed by atoms with Gasteiger partial charge in [0.2, 0.25) is 5.91 Å². The molecule has 0 aromatic carbocycles. The van der Waals surface area contributed by atoms with E-state index in [0.29, 0.717) is 6.42 Å². The molecule has 0 bridgehead atoms. The van der Waals surface area contributed by atoms with Gasteiger partial charge in [0.1, 0.15) is 24.4 Å². The molecule has 1 saturated heterocycles. The molecule has 1 aliphatic rings. The molecule has 6 N–H and O–H groups in total. The fourth-order valence-electron chi connectivity index (χ4n) is 7.39. The molecule has 0 spiro atoms. The van der Waals surface area contributed by atoms with Gasteiger partial charge in [-0.15, -0.1) is 0 Å². The molecule has 7 unspecified atom stereocenters. The van der Waals surface area contributed by atoms with E-state index in [4.69, 9.17) is 9.47 Å². The maximum Gasteiger partial charge on any atom is 0.220 e. The Morgan fingerprint density at radius 1 is 0.611 bits per heavy atom. The van der Waals surface area contributed by atoms with Crippen LogP contribution in [0.15, 0.2) is 12.2 Å². The number of hydrogen-bond donors (Lipinski definition) is 6. The lowest BCUT2D eigenvalue weighted by molar-refractivity contribution is -0.302. The molecular weight excluding hydrogens is 682 g/mol. The number of amides is 1. The lowest BCUT2D eigenvalue weighted by atomic mass is 9.99. The molecule has 7 atom stereocenters. The van der Waals surface area contributed by atoms with Gasteiger partial charge >= 0.3 is 0 Å². The second-order valence-corrected chi connectivity index (χ2v) is 16.2. The Balaban J connectivity index is 2.20. The van der Waals surface area contributed by atoms with Gasteiger partial charge in [-0.05, 0) is 19.3 Å². The van der Waals surface area contributed by atoms with Crippen LogP contribution in [0.5, 0.6) is 0 Å². The first-order chi connectivity index (χ1) is 26.3. The predicted octanol–water partition coefficient (Wildman–Crippen LogP) is 9.34. The molecule has 54 heavy (non-hydrogen) atoms. The van der Waals surface area contributed by atoms with Crippen molar-refractivity contribution in [3.05, 3.63) is 12.2 Å². The second kappa shape index (κ2) is 36.3. The van der Waals surface area contributed by atoms with Gasteiger partial charge in [-0.3, -0.25) is 4.79 Å². The molecule has 0 saturated carbocycles. The summed E-state index contributed by atoms with van der Waals surface area (Å²) in [7, 11) is 0. The number of hydrogen-bond acceptors (Lipinski definition) is 8. The summed E-state index contributed by atoms with van der Waals surface area (Å²) in [5, 5.41) is 53.9. The summed E-state index contributed by atoms with van der Waals surface area (Å²) in [5.41, 5.74) is 0. The molecule has 0 aliphatic carbocycles. The van der Waals surface area contributed by atoms with E-state index in [0.717, 1.165) is 38.5 Å². The van der Waals surface area contributed by atoms with E-state index < -0.39 is 49.5 Å². The van der Waals surface area contributed by atoms with Crippen LogP contribution in [0.1, 0.15) is 213 Å². The Labute approximate surface area is 331 Å². The predicted molar refractivity (Wildman–Crippen MR) is 221 cm³/mol. The van der Waals surface area contributed by atoms with Crippen molar-refractivity contribution in [3.63, 3.8) is 0 Å². The summed E-state index contributed by atoms with van der Waals surface area (Å²) in [4.78, 5) is 12.9. The Morgan fingerprint density at radius 2 is 1.02 bits per heavy atom. The van der Waals surface area contributed by atoms with Crippen LogP contribution in [-0.2, 0) is 14.3 Å². The van der Waals surface area contributed by atoms with E-state index in [1.807, 2.05) is 6.08 Å². The van der Waals surface area contributed by atoms with Gasteiger partial charge in [0, 0.05) is 6.42 Å². The van der Waals surface area contributed by atoms with Crippen molar-refractivity contribution in [1.29, 1.82) is 0 Å². The maximum atomic E-state index is 12.9. The van der Waals surface area contributed by atoms with Gasteiger partial charge < -0.3 is 40.3 Å². The number of aliphatic hydroxyl groups excluding tert-OH is 5. The molecule has 0 aromatic rings. The summed E-state index contributed by atoms with van der Waals surface area (Å²) in [6.07, 6.45) is 34.3. The van der Waals surface area contributed by atoms with Gasteiger partial charge in [0.05, 0.1) is 25.4 Å². The molecular formula is C45H87NO8. The van der Waals surface area contributed by atoms with Crippen molar-refractivity contribution < 1.29 is 39.8 Å². The molecule has 1 amide bonds. The smallest absolute Gasteiger partial charge is 0.220 e. The van der Waals surface area contributed by atoms with Crippen molar-refractivity contribution in [2.75, 3.05) is 13.2 Å². The van der Waals surface area contributed by atoms with Crippen molar-refractivity contribution in [1.82, 2.24) is 5.32 Å². The number of rotatable bonds is 38. The molecule has 1 rings (SSSR count). The van der Waals surface area contributed by atoms with Crippen LogP contribution in [0.2, 0.25) is 0 Å². The number of allylic oxidation sites excluding steroid dienone is 1. The van der Waals surface area contributed by atoms with Crippen LogP contribution in [-0.4, -0.2) is 87.5 Å². The number of ether oxygens (including phenoxy) is 2. The molecule has 0 aromatic heterocycles. The van der Waals surface area contributed by atoms with Crippen molar-refractivity contribution in [2.24, 2.45) is 0 Å². The largest absolute Gasteiger partial charge is 0.394 e. The minimum atomic E-state index is -1.56. The Kier molecular flexibility index (Phi) is 34.2. The van der Waals surface area contributed by atoms with Crippen molar-refractivity contribution in [3.8, 4) is 0 Å². The first-order valence-electron chi connectivity index (χ1n) is 22.9. The van der Waals surface area contributed by atoms with Gasteiger partial charge in [-0.1, -0.05) is 199 Å². The third-order valence-corrected chi connectivity index (χ3v) is 11.1. The fourth-order valence-corrected chi connectivity index (χ4v) is 7.39.